The molecule has 0 aliphatic carbocycles. The molecule has 50 heavy (non-hydrogen) atoms. The number of aliphatic hydroxyl groups is 1. The molecule has 0 unspecified atom stereocenters. The van der Waals surface area contributed by atoms with Crippen LogP contribution in [0.5, 0.6) is 5.75 Å². The third kappa shape index (κ3) is 10.1. The molecule has 2 aromatic rings. The molecule has 9 nitrogen and oxygen atoms in total. The van der Waals surface area contributed by atoms with Crippen LogP contribution in [0.2, 0.25) is 10.1 Å². The standard InChI is InChI=1S/C40H58O9Si/c1-27(34(45-24-30-15-17-32(44-9)18-16-30)19-20-37(43)46-25-29-13-11-10-12-14-29)21-31(41)22-28(2)38-33(42)23-35-36(48-38)26-47-50(49-35,39(3,4)5)40(6,7)8/h10-20,27-28,33-36,38,42H,21-26H2,1-9H3/b20-19+/t27-,28-,33-,34+,35+,36+,38-/m0/s1. The number of ketones is 1. The Bertz CT molecular complexity index is 1400. The first-order valence-electron chi connectivity index (χ1n) is 17.8. The van der Waals surface area contributed by atoms with E-state index >= 15 is 0 Å². The lowest BCUT2D eigenvalue weighted by Gasteiger charge is -2.56. The van der Waals surface area contributed by atoms with E-state index in [-0.39, 0.29) is 66.0 Å². The fourth-order valence-corrected chi connectivity index (χ4v) is 12.3. The molecule has 2 fully saturated rings. The van der Waals surface area contributed by atoms with E-state index in [1.807, 2.05) is 68.4 Å². The van der Waals surface area contributed by atoms with Gasteiger partial charge in [0.1, 0.15) is 24.2 Å². The zero-order valence-electron chi connectivity index (χ0n) is 31.3. The molecule has 2 saturated heterocycles. The summed E-state index contributed by atoms with van der Waals surface area (Å²) in [6, 6.07) is 17.0. The van der Waals surface area contributed by atoms with E-state index in [0.717, 1.165) is 16.9 Å². The predicted octanol–water partition coefficient (Wildman–Crippen LogP) is 7.48. The third-order valence-electron chi connectivity index (χ3n) is 9.81. The first-order valence-corrected chi connectivity index (χ1v) is 19.6. The highest BCUT2D eigenvalue weighted by Crippen LogP contribution is 2.55. The Morgan fingerprint density at radius 1 is 0.920 bits per heavy atom. The Morgan fingerprint density at radius 2 is 1.56 bits per heavy atom. The summed E-state index contributed by atoms with van der Waals surface area (Å²) >= 11 is 0. The molecule has 0 saturated carbocycles. The molecule has 2 aromatic carbocycles. The van der Waals surface area contributed by atoms with E-state index < -0.39 is 32.8 Å². The van der Waals surface area contributed by atoms with E-state index in [4.69, 9.17) is 27.8 Å². The predicted molar refractivity (Wildman–Crippen MR) is 195 cm³/mol. The number of ether oxygens (including phenoxy) is 4. The van der Waals surface area contributed by atoms with Gasteiger partial charge < -0.3 is 32.9 Å². The Balaban J connectivity index is 1.36. The largest absolute Gasteiger partial charge is 0.497 e. The highest BCUT2D eigenvalue weighted by atomic mass is 28.4. The minimum absolute atomic E-state index is 0.0315. The molecule has 0 bridgehead atoms. The molecule has 0 aromatic heterocycles. The van der Waals surface area contributed by atoms with Gasteiger partial charge in [0.2, 0.25) is 0 Å². The second kappa shape index (κ2) is 17.1. The molecular formula is C40H58O9Si. The van der Waals surface area contributed by atoms with Crippen molar-refractivity contribution in [1.82, 2.24) is 0 Å². The summed E-state index contributed by atoms with van der Waals surface area (Å²) in [5.41, 5.74) is 1.83. The molecule has 0 amide bonds. The smallest absolute Gasteiger partial charge is 0.349 e. The van der Waals surface area contributed by atoms with Gasteiger partial charge in [-0.15, -0.1) is 0 Å². The Labute approximate surface area is 299 Å². The van der Waals surface area contributed by atoms with Gasteiger partial charge in [-0.3, -0.25) is 4.79 Å². The third-order valence-corrected chi connectivity index (χ3v) is 15.0. The maximum atomic E-state index is 13.5. The average molecular weight is 711 g/mol. The van der Waals surface area contributed by atoms with E-state index in [2.05, 4.69) is 41.5 Å². The molecule has 2 aliphatic rings. The zero-order chi connectivity index (χ0) is 36.7. The number of hydrogen-bond acceptors (Lipinski definition) is 9. The number of esters is 1. The summed E-state index contributed by atoms with van der Waals surface area (Å²) in [6.45, 7) is 17.8. The van der Waals surface area contributed by atoms with Crippen molar-refractivity contribution < 1.29 is 42.5 Å². The minimum atomic E-state index is -2.69. The Kier molecular flexibility index (Phi) is 13.7. The van der Waals surface area contributed by atoms with Crippen molar-refractivity contribution in [2.75, 3.05) is 13.7 Å². The van der Waals surface area contributed by atoms with Crippen molar-refractivity contribution in [3.05, 3.63) is 77.9 Å². The summed E-state index contributed by atoms with van der Waals surface area (Å²) in [5.74, 6) is -0.163. The molecule has 10 heteroatoms. The van der Waals surface area contributed by atoms with Gasteiger partial charge in [-0.2, -0.15) is 0 Å². The number of benzene rings is 2. The lowest BCUT2D eigenvalue weighted by atomic mass is 9.86. The van der Waals surface area contributed by atoms with Crippen LogP contribution >= 0.6 is 0 Å². The van der Waals surface area contributed by atoms with Crippen LogP contribution in [0.3, 0.4) is 0 Å². The van der Waals surface area contributed by atoms with Gasteiger partial charge in [0, 0.05) is 35.4 Å². The average Bonchev–Trinajstić information content (AvgIpc) is 3.06. The highest BCUT2D eigenvalue weighted by Gasteiger charge is 2.63. The quantitative estimate of drug-likeness (QED) is 0.121. The molecule has 0 spiro atoms. The normalized spacial score (nSPS) is 24.2. The number of carbonyl (C=O) groups is 2. The number of aliphatic hydroxyl groups excluding tert-OH is 1. The first-order chi connectivity index (χ1) is 23.5. The molecule has 2 heterocycles. The van der Waals surface area contributed by atoms with Crippen LogP contribution in [0.4, 0.5) is 0 Å². The van der Waals surface area contributed by atoms with Crippen LogP contribution < -0.4 is 4.74 Å². The van der Waals surface area contributed by atoms with Gasteiger partial charge in [-0.1, -0.05) is 97.9 Å². The van der Waals surface area contributed by atoms with Gasteiger partial charge in [-0.25, -0.2) is 4.79 Å². The van der Waals surface area contributed by atoms with E-state index in [9.17, 15) is 14.7 Å². The lowest BCUT2D eigenvalue weighted by molar-refractivity contribution is -0.211. The maximum absolute atomic E-state index is 13.5. The molecule has 1 N–H and O–H groups in total. The van der Waals surface area contributed by atoms with Crippen molar-refractivity contribution in [1.29, 1.82) is 0 Å². The van der Waals surface area contributed by atoms with Crippen molar-refractivity contribution in [3.8, 4) is 5.75 Å². The van der Waals surface area contributed by atoms with Gasteiger partial charge in [0.05, 0.1) is 44.7 Å². The SMILES string of the molecule is COc1ccc(CO[C@H](/C=C/C(=O)OCc2ccccc2)[C@@H](C)CC(=O)C[C@H](C)[C@@H]2O[C@@H]3CO[Si](C(C)(C)C)(C(C)(C)C)O[C@@H]3C[C@@H]2O)cc1. The monoisotopic (exact) mass is 710 g/mol. The Hall–Kier alpha value is -2.86. The fourth-order valence-electron chi connectivity index (χ4n) is 7.35. The number of carbonyl (C=O) groups excluding carboxylic acids is 2. The molecule has 4 rings (SSSR count). The number of methoxy groups -OCH3 is 1. The minimum Gasteiger partial charge on any atom is -0.497 e. The van der Waals surface area contributed by atoms with Crippen LogP contribution in [0.25, 0.3) is 0 Å². The van der Waals surface area contributed by atoms with Crippen molar-refractivity contribution in [3.63, 3.8) is 0 Å². The van der Waals surface area contributed by atoms with Gasteiger partial charge >= 0.3 is 14.5 Å². The zero-order valence-corrected chi connectivity index (χ0v) is 32.3. The summed E-state index contributed by atoms with van der Waals surface area (Å²) in [6.07, 6.45) is 1.62. The first kappa shape index (κ1) is 39.9. The van der Waals surface area contributed by atoms with Crippen LogP contribution in [0, 0.1) is 11.8 Å². The van der Waals surface area contributed by atoms with Crippen LogP contribution in [0.1, 0.15) is 85.8 Å². The van der Waals surface area contributed by atoms with Gasteiger partial charge in [0.15, 0.2) is 0 Å². The number of rotatable bonds is 14. The van der Waals surface area contributed by atoms with Crippen LogP contribution in [-0.2, 0) is 45.9 Å². The van der Waals surface area contributed by atoms with Crippen molar-refractivity contribution in [2.24, 2.45) is 11.8 Å². The number of hydrogen-bond donors (Lipinski definition) is 1. The summed E-state index contributed by atoms with van der Waals surface area (Å²) in [7, 11) is -1.08. The summed E-state index contributed by atoms with van der Waals surface area (Å²) in [5, 5.41) is 10.9. The Morgan fingerprint density at radius 3 is 2.18 bits per heavy atom. The highest BCUT2D eigenvalue weighted by molar-refractivity contribution is 6.73. The van der Waals surface area contributed by atoms with E-state index in [0.29, 0.717) is 13.0 Å². The summed E-state index contributed by atoms with van der Waals surface area (Å²) < 4.78 is 36.8. The second-order valence-electron chi connectivity index (χ2n) is 16.0. The second-order valence-corrected chi connectivity index (χ2v) is 20.8. The van der Waals surface area contributed by atoms with Crippen molar-refractivity contribution in [2.45, 2.75) is 128 Å². The molecular weight excluding hydrogens is 653 g/mol. The number of fused-ring (bicyclic) bond motifs is 1. The lowest BCUT2D eigenvalue weighted by Crippen LogP contribution is -2.67. The summed E-state index contributed by atoms with van der Waals surface area (Å²) in [4.78, 5) is 26.1. The molecule has 276 valence electrons. The number of Topliss-reactive ketones (excluding diaryl/α,β-unsaturated/α-hetero) is 1. The topological polar surface area (TPSA) is 110 Å². The van der Waals surface area contributed by atoms with E-state index in [1.165, 1.54) is 6.08 Å². The van der Waals surface area contributed by atoms with Gasteiger partial charge in [0.25, 0.3) is 0 Å². The van der Waals surface area contributed by atoms with Crippen LogP contribution in [0.15, 0.2) is 66.7 Å². The molecule has 7 atom stereocenters. The van der Waals surface area contributed by atoms with Crippen molar-refractivity contribution >= 4 is 20.3 Å². The van der Waals surface area contributed by atoms with Gasteiger partial charge in [-0.05, 0) is 41.2 Å². The van der Waals surface area contributed by atoms with E-state index in [1.54, 1.807) is 13.2 Å². The molecule has 0 radical (unpaired) electrons. The maximum Gasteiger partial charge on any atom is 0.349 e. The fraction of sp³-hybridized carbons (Fsp3) is 0.600. The van der Waals surface area contributed by atoms with Crippen LogP contribution in [-0.4, -0.2) is 69.7 Å². The molecule has 2 aliphatic heterocycles.